The van der Waals surface area contributed by atoms with Gasteiger partial charge < -0.3 is 9.80 Å². The maximum absolute atomic E-state index is 4.41. The number of aromatic nitrogens is 2. The van der Waals surface area contributed by atoms with Gasteiger partial charge in [-0.2, -0.15) is 0 Å². The Morgan fingerprint density at radius 1 is 1.12 bits per heavy atom. The first-order valence-corrected chi connectivity index (χ1v) is 10.4. The van der Waals surface area contributed by atoms with Gasteiger partial charge in [-0.3, -0.25) is 0 Å². The second-order valence-electron chi connectivity index (χ2n) is 7.29. The molecule has 2 heterocycles. The zero-order valence-electron chi connectivity index (χ0n) is 15.3. The van der Waals surface area contributed by atoms with Crippen molar-refractivity contribution in [3.05, 3.63) is 16.9 Å². The minimum absolute atomic E-state index is 0.535. The summed E-state index contributed by atoms with van der Waals surface area (Å²) in [7, 11) is 2.11. The number of anilines is 1. The highest BCUT2D eigenvalue weighted by Crippen LogP contribution is 2.28. The van der Waals surface area contributed by atoms with Gasteiger partial charge in [0, 0.05) is 44.4 Å². The molecule has 0 spiro atoms. The normalized spacial score (nSPS) is 24.4. The molecule has 4 nitrogen and oxygen atoms in total. The van der Waals surface area contributed by atoms with Gasteiger partial charge in [0.1, 0.15) is 0 Å². The van der Waals surface area contributed by atoms with E-state index in [0.717, 1.165) is 23.4 Å². The Hall–Kier alpha value is -1.12. The first-order chi connectivity index (χ1) is 12.2. The summed E-state index contributed by atoms with van der Waals surface area (Å²) in [5, 5.41) is 0. The van der Waals surface area contributed by atoms with E-state index in [2.05, 4.69) is 54.6 Å². The van der Waals surface area contributed by atoms with E-state index in [1.54, 1.807) is 0 Å². The van der Waals surface area contributed by atoms with E-state index >= 15 is 0 Å². The number of hydrogen-bond donors (Lipinski definition) is 0. The molecule has 1 saturated carbocycles. The topological polar surface area (TPSA) is 32.3 Å². The molecule has 0 aromatic carbocycles. The molecule has 1 aliphatic carbocycles. The highest BCUT2D eigenvalue weighted by molar-refractivity contribution is 9.10. The van der Waals surface area contributed by atoms with Crippen LogP contribution in [0.2, 0.25) is 0 Å². The van der Waals surface area contributed by atoms with Crippen LogP contribution in [-0.2, 0) is 0 Å². The average Bonchev–Trinajstić information content (AvgIpc) is 2.67. The Labute approximate surface area is 160 Å². The van der Waals surface area contributed by atoms with Gasteiger partial charge in [-0.25, -0.2) is 9.97 Å². The third-order valence-corrected chi connectivity index (χ3v) is 5.88. The molecule has 5 heteroatoms. The molecule has 3 rings (SSSR count). The fourth-order valence-corrected chi connectivity index (χ4v) is 4.08. The Morgan fingerprint density at radius 2 is 1.80 bits per heavy atom. The first kappa shape index (κ1) is 18.7. The standard InChI is InChI=1S/C20H29BrN4/c1-24(20-22-15-18(21)16-23-20)19-10-8-17(9-11-19)7-3-6-14-25-12-4-2-5-13-25/h15-17,19H,2,4-6,8-14H2,1H3. The molecule has 0 N–H and O–H groups in total. The largest absolute Gasteiger partial charge is 0.341 e. The molecule has 0 bridgehead atoms. The van der Waals surface area contributed by atoms with E-state index < -0.39 is 0 Å². The van der Waals surface area contributed by atoms with Crippen LogP contribution in [0, 0.1) is 17.8 Å². The maximum atomic E-state index is 4.41. The summed E-state index contributed by atoms with van der Waals surface area (Å²) in [6.45, 7) is 3.71. The Kier molecular flexibility index (Phi) is 7.12. The molecule has 1 saturated heterocycles. The molecule has 1 aliphatic heterocycles. The van der Waals surface area contributed by atoms with Crippen molar-refractivity contribution in [2.75, 3.05) is 31.6 Å². The maximum Gasteiger partial charge on any atom is 0.225 e. The van der Waals surface area contributed by atoms with E-state index in [0.29, 0.717) is 12.0 Å². The van der Waals surface area contributed by atoms with Gasteiger partial charge in [0.25, 0.3) is 0 Å². The summed E-state index contributed by atoms with van der Waals surface area (Å²) in [6.07, 6.45) is 13.6. The molecule has 0 amide bonds. The number of hydrogen-bond acceptors (Lipinski definition) is 4. The molecule has 25 heavy (non-hydrogen) atoms. The molecule has 0 unspecified atom stereocenters. The first-order valence-electron chi connectivity index (χ1n) is 9.63. The molecule has 0 radical (unpaired) electrons. The quantitative estimate of drug-likeness (QED) is 0.706. The van der Waals surface area contributed by atoms with Gasteiger partial charge in [-0.15, -0.1) is 5.92 Å². The van der Waals surface area contributed by atoms with Crippen LogP contribution in [-0.4, -0.2) is 47.6 Å². The van der Waals surface area contributed by atoms with E-state index in [9.17, 15) is 0 Å². The zero-order valence-corrected chi connectivity index (χ0v) is 16.8. The highest BCUT2D eigenvalue weighted by Gasteiger charge is 2.24. The van der Waals surface area contributed by atoms with Crippen LogP contribution >= 0.6 is 15.9 Å². The minimum Gasteiger partial charge on any atom is -0.341 e. The zero-order chi connectivity index (χ0) is 17.5. The van der Waals surface area contributed by atoms with Gasteiger partial charge in [0.2, 0.25) is 5.95 Å². The SMILES string of the molecule is CN(c1ncc(Br)cn1)C1CCC(C#CCCN2CCCCC2)CC1. The number of nitrogens with zero attached hydrogens (tertiary/aromatic N) is 4. The lowest BCUT2D eigenvalue weighted by Crippen LogP contribution is -2.36. The van der Waals surface area contributed by atoms with Gasteiger partial charge in [-0.05, 0) is 67.5 Å². The molecule has 1 aromatic rings. The van der Waals surface area contributed by atoms with Crippen molar-refractivity contribution in [3.8, 4) is 11.8 Å². The van der Waals surface area contributed by atoms with Crippen molar-refractivity contribution in [1.82, 2.24) is 14.9 Å². The van der Waals surface area contributed by atoms with Gasteiger partial charge in [0.15, 0.2) is 0 Å². The van der Waals surface area contributed by atoms with Crippen LogP contribution in [0.1, 0.15) is 51.4 Å². The Bertz CT molecular complexity index is 578. The smallest absolute Gasteiger partial charge is 0.225 e. The minimum atomic E-state index is 0.535. The van der Waals surface area contributed by atoms with Crippen LogP contribution in [0.3, 0.4) is 0 Å². The summed E-state index contributed by atoms with van der Waals surface area (Å²) in [6, 6.07) is 0.535. The molecule has 0 atom stereocenters. The monoisotopic (exact) mass is 404 g/mol. The second kappa shape index (κ2) is 9.54. The fourth-order valence-electron chi connectivity index (χ4n) is 3.87. The highest BCUT2D eigenvalue weighted by atomic mass is 79.9. The molecule has 1 aromatic heterocycles. The Balaban J connectivity index is 1.39. The lowest BCUT2D eigenvalue weighted by molar-refractivity contribution is 0.234. The van der Waals surface area contributed by atoms with Crippen molar-refractivity contribution >= 4 is 21.9 Å². The van der Waals surface area contributed by atoms with Crippen LogP contribution in [0.15, 0.2) is 16.9 Å². The number of likely N-dealkylation sites (tertiary alicyclic amines) is 1. The fraction of sp³-hybridized carbons (Fsp3) is 0.700. The second-order valence-corrected chi connectivity index (χ2v) is 8.21. The van der Waals surface area contributed by atoms with Crippen LogP contribution in [0.25, 0.3) is 0 Å². The van der Waals surface area contributed by atoms with Crippen LogP contribution in [0.5, 0.6) is 0 Å². The van der Waals surface area contributed by atoms with E-state index in [1.807, 2.05) is 12.4 Å². The van der Waals surface area contributed by atoms with Crippen molar-refractivity contribution in [2.45, 2.75) is 57.4 Å². The van der Waals surface area contributed by atoms with Crippen molar-refractivity contribution in [2.24, 2.45) is 5.92 Å². The number of piperidine rings is 1. The predicted molar refractivity (Wildman–Crippen MR) is 107 cm³/mol. The van der Waals surface area contributed by atoms with Gasteiger partial charge in [-0.1, -0.05) is 12.3 Å². The van der Waals surface area contributed by atoms with E-state index in [-0.39, 0.29) is 0 Å². The average molecular weight is 405 g/mol. The van der Waals surface area contributed by atoms with Gasteiger partial charge >= 0.3 is 0 Å². The molecular weight excluding hydrogens is 376 g/mol. The third kappa shape index (κ3) is 5.69. The molecule has 2 aliphatic rings. The lowest BCUT2D eigenvalue weighted by atomic mass is 9.86. The lowest BCUT2D eigenvalue weighted by Gasteiger charge is -2.33. The van der Waals surface area contributed by atoms with Crippen LogP contribution in [0.4, 0.5) is 5.95 Å². The van der Waals surface area contributed by atoms with Gasteiger partial charge in [0.05, 0.1) is 4.47 Å². The third-order valence-electron chi connectivity index (χ3n) is 5.47. The van der Waals surface area contributed by atoms with Crippen molar-refractivity contribution in [1.29, 1.82) is 0 Å². The molecule has 136 valence electrons. The molecule has 2 fully saturated rings. The summed E-state index contributed by atoms with van der Waals surface area (Å²) in [5.74, 6) is 8.38. The summed E-state index contributed by atoms with van der Waals surface area (Å²) < 4.78 is 0.924. The summed E-state index contributed by atoms with van der Waals surface area (Å²) in [4.78, 5) is 13.6. The van der Waals surface area contributed by atoms with Crippen LogP contribution < -0.4 is 4.90 Å². The number of rotatable bonds is 4. The predicted octanol–water partition coefficient (Wildman–Crippen LogP) is 4.11. The van der Waals surface area contributed by atoms with Crippen molar-refractivity contribution < 1.29 is 0 Å². The Morgan fingerprint density at radius 3 is 2.48 bits per heavy atom. The summed E-state index contributed by atoms with van der Waals surface area (Å²) >= 11 is 3.39. The van der Waals surface area contributed by atoms with Crippen molar-refractivity contribution in [3.63, 3.8) is 0 Å². The van der Waals surface area contributed by atoms with E-state index in [1.165, 1.54) is 58.0 Å². The number of halogens is 1. The summed E-state index contributed by atoms with van der Waals surface area (Å²) in [5.41, 5.74) is 0. The molecular formula is C20H29BrN4. The van der Waals surface area contributed by atoms with E-state index in [4.69, 9.17) is 0 Å².